The van der Waals surface area contributed by atoms with Crippen LogP contribution in [0.2, 0.25) is 0 Å². The van der Waals surface area contributed by atoms with Gasteiger partial charge in [0.05, 0.1) is 10.5 Å². The Morgan fingerprint density at radius 3 is 2.57 bits per heavy atom. The third-order valence-electron chi connectivity index (χ3n) is 3.80. The van der Waals surface area contributed by atoms with E-state index in [9.17, 15) is 17.6 Å². The van der Waals surface area contributed by atoms with Crippen molar-refractivity contribution in [1.82, 2.24) is 5.32 Å². The minimum atomic E-state index is -4.02. The van der Waals surface area contributed by atoms with Crippen molar-refractivity contribution in [3.05, 3.63) is 29.1 Å². The molecule has 1 aliphatic carbocycles. The molecule has 7 heteroatoms. The monoisotopic (exact) mass is 333 g/mol. The quantitative estimate of drug-likeness (QED) is 0.865. The molecule has 1 aromatic carbocycles. The Morgan fingerprint density at radius 1 is 1.38 bits per heavy atom. The lowest BCUT2D eigenvalue weighted by molar-refractivity contribution is 0.0933. The van der Waals surface area contributed by atoms with Gasteiger partial charge in [-0.2, -0.15) is 0 Å². The molecule has 1 aliphatic rings. The van der Waals surface area contributed by atoms with Crippen molar-refractivity contribution in [2.75, 3.05) is 0 Å². The lowest BCUT2D eigenvalue weighted by atomic mass is 10.1. The fraction of sp³-hybridized carbons (Fsp3) is 0.500. The molecule has 0 heterocycles. The van der Waals surface area contributed by atoms with Crippen LogP contribution in [0.25, 0.3) is 0 Å². The summed E-state index contributed by atoms with van der Waals surface area (Å²) in [7, 11) is 1.28. The van der Waals surface area contributed by atoms with Crippen molar-refractivity contribution < 1.29 is 17.6 Å². The third kappa shape index (κ3) is 3.74. The normalized spacial score (nSPS) is 22.3. The standard InChI is InChI=1S/C14H17ClFNO3S/c1-8-3-4-10(5-8)17-14(18)11-7-13(21(15,19)20)9(2)6-12(11)16/h6-8,10H,3-5H2,1-2H3,(H,17,18). The zero-order valence-electron chi connectivity index (χ0n) is 11.8. The molecule has 1 saturated carbocycles. The molecule has 1 amide bonds. The summed E-state index contributed by atoms with van der Waals surface area (Å²) < 4.78 is 36.8. The van der Waals surface area contributed by atoms with Gasteiger partial charge in [-0.3, -0.25) is 4.79 Å². The first kappa shape index (κ1) is 16.2. The van der Waals surface area contributed by atoms with Gasteiger partial charge in [-0.05, 0) is 49.8 Å². The van der Waals surface area contributed by atoms with Gasteiger partial charge < -0.3 is 5.32 Å². The highest BCUT2D eigenvalue weighted by molar-refractivity contribution is 8.13. The zero-order valence-corrected chi connectivity index (χ0v) is 13.4. The average Bonchev–Trinajstić information content (AvgIpc) is 2.72. The number of hydrogen-bond donors (Lipinski definition) is 1. The number of benzene rings is 1. The van der Waals surface area contributed by atoms with E-state index in [-0.39, 0.29) is 22.1 Å². The molecule has 116 valence electrons. The molecular formula is C14H17ClFNO3S. The summed E-state index contributed by atoms with van der Waals surface area (Å²) in [5.74, 6) is -0.828. The molecule has 2 atom stereocenters. The summed E-state index contributed by atoms with van der Waals surface area (Å²) in [5, 5.41) is 2.75. The Hall–Kier alpha value is -1.14. The maximum atomic E-state index is 13.9. The Labute approximate surface area is 128 Å². The molecule has 0 bridgehead atoms. The van der Waals surface area contributed by atoms with Gasteiger partial charge >= 0.3 is 0 Å². The van der Waals surface area contributed by atoms with Gasteiger partial charge in [0, 0.05) is 16.7 Å². The van der Waals surface area contributed by atoms with Crippen LogP contribution in [0.15, 0.2) is 17.0 Å². The molecule has 2 rings (SSSR count). The van der Waals surface area contributed by atoms with Gasteiger partial charge in [-0.1, -0.05) is 6.92 Å². The summed E-state index contributed by atoms with van der Waals surface area (Å²) in [6.45, 7) is 3.52. The summed E-state index contributed by atoms with van der Waals surface area (Å²) >= 11 is 0. The van der Waals surface area contributed by atoms with Crippen LogP contribution < -0.4 is 5.32 Å². The Morgan fingerprint density at radius 2 is 2.05 bits per heavy atom. The lowest BCUT2D eigenvalue weighted by Gasteiger charge is -2.14. The smallest absolute Gasteiger partial charge is 0.261 e. The third-order valence-corrected chi connectivity index (χ3v) is 5.27. The van der Waals surface area contributed by atoms with Gasteiger partial charge in [-0.25, -0.2) is 12.8 Å². The van der Waals surface area contributed by atoms with E-state index < -0.39 is 20.8 Å². The Kier molecular flexibility index (Phi) is 4.58. The summed E-state index contributed by atoms with van der Waals surface area (Å²) in [4.78, 5) is 11.9. The van der Waals surface area contributed by atoms with Crippen molar-refractivity contribution in [3.63, 3.8) is 0 Å². The second kappa shape index (κ2) is 5.93. The number of amides is 1. The number of rotatable bonds is 3. The first-order valence-electron chi connectivity index (χ1n) is 6.74. The second-order valence-corrected chi connectivity index (χ2v) is 8.16. The summed E-state index contributed by atoms with van der Waals surface area (Å²) in [6.07, 6.45) is 2.71. The number of hydrogen-bond acceptors (Lipinski definition) is 3. The average molecular weight is 334 g/mol. The number of halogens is 2. The summed E-state index contributed by atoms with van der Waals surface area (Å²) in [5.41, 5.74) is -0.118. The molecule has 1 fully saturated rings. The first-order chi connectivity index (χ1) is 9.68. The van der Waals surface area contributed by atoms with Gasteiger partial charge in [0.2, 0.25) is 0 Å². The van der Waals surface area contributed by atoms with Crippen molar-refractivity contribution >= 4 is 25.6 Å². The molecule has 21 heavy (non-hydrogen) atoms. The molecule has 4 nitrogen and oxygen atoms in total. The van der Waals surface area contributed by atoms with Crippen LogP contribution in [0.3, 0.4) is 0 Å². The number of aryl methyl sites for hydroxylation is 1. The molecule has 0 radical (unpaired) electrons. The molecule has 0 aromatic heterocycles. The highest BCUT2D eigenvalue weighted by atomic mass is 35.7. The highest BCUT2D eigenvalue weighted by Gasteiger charge is 2.25. The van der Waals surface area contributed by atoms with E-state index in [1.807, 2.05) is 0 Å². The van der Waals surface area contributed by atoms with Crippen LogP contribution in [-0.2, 0) is 9.05 Å². The number of nitrogens with one attached hydrogen (secondary N) is 1. The van der Waals surface area contributed by atoms with Crippen molar-refractivity contribution in [2.24, 2.45) is 5.92 Å². The van der Waals surface area contributed by atoms with E-state index in [2.05, 4.69) is 12.2 Å². The second-order valence-electron chi connectivity index (χ2n) is 5.62. The fourth-order valence-corrected chi connectivity index (χ4v) is 3.89. The SMILES string of the molecule is Cc1cc(F)c(C(=O)NC2CCC(C)C2)cc1S(=O)(=O)Cl. The van der Waals surface area contributed by atoms with Gasteiger partial charge in [0.1, 0.15) is 5.82 Å². The molecule has 0 spiro atoms. The van der Waals surface area contributed by atoms with Gasteiger partial charge in [0.15, 0.2) is 0 Å². The minimum Gasteiger partial charge on any atom is -0.349 e. The Bertz CT molecular complexity index is 675. The molecule has 0 aliphatic heterocycles. The van der Waals surface area contributed by atoms with E-state index in [1.54, 1.807) is 0 Å². The predicted octanol–water partition coefficient (Wildman–Crippen LogP) is 2.98. The van der Waals surface area contributed by atoms with Crippen molar-refractivity contribution in [1.29, 1.82) is 0 Å². The van der Waals surface area contributed by atoms with E-state index in [4.69, 9.17) is 10.7 Å². The van der Waals surface area contributed by atoms with E-state index in [1.165, 1.54) is 6.92 Å². The predicted molar refractivity (Wildman–Crippen MR) is 78.4 cm³/mol. The largest absolute Gasteiger partial charge is 0.349 e. The maximum Gasteiger partial charge on any atom is 0.261 e. The van der Waals surface area contributed by atoms with Gasteiger partial charge in [0.25, 0.3) is 15.0 Å². The topological polar surface area (TPSA) is 63.2 Å². The van der Waals surface area contributed by atoms with Crippen LogP contribution >= 0.6 is 10.7 Å². The van der Waals surface area contributed by atoms with Crippen molar-refractivity contribution in [3.8, 4) is 0 Å². The molecule has 1 aromatic rings. The lowest BCUT2D eigenvalue weighted by Crippen LogP contribution is -2.33. The maximum absolute atomic E-state index is 13.9. The molecular weight excluding hydrogens is 317 g/mol. The fourth-order valence-electron chi connectivity index (χ4n) is 2.69. The van der Waals surface area contributed by atoms with Crippen LogP contribution in [0.1, 0.15) is 42.1 Å². The first-order valence-corrected chi connectivity index (χ1v) is 9.05. The van der Waals surface area contributed by atoms with E-state index >= 15 is 0 Å². The van der Waals surface area contributed by atoms with Crippen molar-refractivity contribution in [2.45, 2.75) is 44.0 Å². The van der Waals surface area contributed by atoms with E-state index in [0.717, 1.165) is 31.4 Å². The van der Waals surface area contributed by atoms with Gasteiger partial charge in [-0.15, -0.1) is 0 Å². The zero-order chi connectivity index (χ0) is 15.8. The molecule has 1 N–H and O–H groups in total. The minimum absolute atomic E-state index is 0.00395. The van der Waals surface area contributed by atoms with Crippen LogP contribution in [-0.4, -0.2) is 20.4 Å². The van der Waals surface area contributed by atoms with Crippen LogP contribution in [0.4, 0.5) is 4.39 Å². The Balaban J connectivity index is 2.29. The highest BCUT2D eigenvalue weighted by Crippen LogP contribution is 2.26. The molecule has 2 unspecified atom stereocenters. The molecule has 0 saturated heterocycles. The van der Waals surface area contributed by atoms with Crippen LogP contribution in [0, 0.1) is 18.7 Å². The summed E-state index contributed by atoms with van der Waals surface area (Å²) in [6, 6.07) is 2.02. The van der Waals surface area contributed by atoms with E-state index in [0.29, 0.717) is 5.92 Å². The number of carbonyl (C=O) groups excluding carboxylic acids is 1. The number of carbonyl (C=O) groups is 1. The van der Waals surface area contributed by atoms with Crippen LogP contribution in [0.5, 0.6) is 0 Å².